The average Bonchev–Trinajstić information content (AvgIpc) is 3.42. The van der Waals surface area contributed by atoms with E-state index < -0.39 is 23.4 Å². The third-order valence-corrected chi connectivity index (χ3v) is 9.04. The number of rotatable bonds is 7. The Balaban J connectivity index is 1.11. The Morgan fingerprint density at radius 3 is 2.46 bits per heavy atom. The van der Waals surface area contributed by atoms with Crippen LogP contribution in [0.5, 0.6) is 0 Å². The molecule has 7 rings (SSSR count). The summed E-state index contributed by atoms with van der Waals surface area (Å²) < 4.78 is 56.2. The van der Waals surface area contributed by atoms with Crippen molar-refractivity contribution < 1.29 is 32.3 Å². The lowest BCUT2D eigenvalue weighted by atomic mass is 10.00. The summed E-state index contributed by atoms with van der Waals surface area (Å²) in [4.78, 5) is 18.1. The normalized spacial score (nSPS) is 22.6. The predicted molar refractivity (Wildman–Crippen MR) is 137 cm³/mol. The molecule has 1 saturated carbocycles. The molecule has 0 amide bonds. The lowest BCUT2D eigenvalue weighted by Crippen LogP contribution is -2.45. The number of hydrogen-bond donors (Lipinski definition) is 1. The SMILES string of the molecule is O=C(O)c1cc(F)c2nc(N3[C@H]4CC[C@H]3CC(OCc3c(-c5c(F)cccc5F)noc3C3CC3)C4)sc2c1. The van der Waals surface area contributed by atoms with Gasteiger partial charge in [0.1, 0.15) is 28.6 Å². The van der Waals surface area contributed by atoms with Crippen molar-refractivity contribution in [1.82, 2.24) is 10.1 Å². The Morgan fingerprint density at radius 1 is 1.08 bits per heavy atom. The second-order valence-electron chi connectivity index (χ2n) is 10.5. The van der Waals surface area contributed by atoms with E-state index in [9.17, 15) is 23.1 Å². The zero-order valence-corrected chi connectivity index (χ0v) is 21.5. The monoisotopic (exact) mass is 555 g/mol. The van der Waals surface area contributed by atoms with E-state index in [0.717, 1.165) is 44.6 Å². The van der Waals surface area contributed by atoms with E-state index in [1.807, 2.05) is 0 Å². The summed E-state index contributed by atoms with van der Waals surface area (Å²) in [6, 6.07) is 6.49. The van der Waals surface area contributed by atoms with Crippen LogP contribution >= 0.6 is 11.3 Å². The van der Waals surface area contributed by atoms with E-state index in [2.05, 4.69) is 15.0 Å². The number of carboxylic acids is 1. The number of anilines is 1. The molecule has 3 fully saturated rings. The van der Waals surface area contributed by atoms with Crippen molar-refractivity contribution in [2.75, 3.05) is 4.90 Å². The first-order valence-corrected chi connectivity index (χ1v) is 13.8. The Labute approximate surface area is 225 Å². The number of aromatic nitrogens is 2. The van der Waals surface area contributed by atoms with E-state index in [-0.39, 0.29) is 53.0 Å². The zero-order chi connectivity index (χ0) is 26.8. The van der Waals surface area contributed by atoms with E-state index in [4.69, 9.17) is 9.26 Å². The average molecular weight is 556 g/mol. The quantitative estimate of drug-likeness (QED) is 0.273. The van der Waals surface area contributed by atoms with Gasteiger partial charge in [0.05, 0.1) is 28.5 Å². The lowest BCUT2D eigenvalue weighted by Gasteiger charge is -2.38. The number of thiazole rings is 1. The Morgan fingerprint density at radius 2 is 1.79 bits per heavy atom. The number of hydrogen-bond acceptors (Lipinski definition) is 7. The van der Waals surface area contributed by atoms with Crippen molar-refractivity contribution in [2.45, 2.75) is 69.2 Å². The van der Waals surface area contributed by atoms with Crippen molar-refractivity contribution in [1.29, 1.82) is 0 Å². The van der Waals surface area contributed by atoms with Gasteiger partial charge in [-0.05, 0) is 62.8 Å². The summed E-state index contributed by atoms with van der Waals surface area (Å²) in [5.74, 6) is -2.37. The fourth-order valence-corrected chi connectivity index (χ4v) is 7.20. The molecule has 3 aliphatic rings. The van der Waals surface area contributed by atoms with Gasteiger partial charge < -0.3 is 19.3 Å². The summed E-state index contributed by atoms with van der Waals surface area (Å²) in [5, 5.41) is 14.0. The van der Waals surface area contributed by atoms with Gasteiger partial charge in [-0.3, -0.25) is 0 Å². The van der Waals surface area contributed by atoms with Crippen molar-refractivity contribution in [3.63, 3.8) is 0 Å². The molecule has 0 spiro atoms. The van der Waals surface area contributed by atoms with E-state index in [0.29, 0.717) is 21.2 Å². The van der Waals surface area contributed by atoms with Gasteiger partial charge in [0.15, 0.2) is 10.9 Å². The molecule has 2 bridgehead atoms. The zero-order valence-electron chi connectivity index (χ0n) is 20.7. The van der Waals surface area contributed by atoms with Crippen molar-refractivity contribution >= 4 is 32.7 Å². The van der Waals surface area contributed by atoms with Crippen molar-refractivity contribution in [2.24, 2.45) is 0 Å². The third kappa shape index (κ3) is 4.28. The number of halogens is 3. The third-order valence-electron chi connectivity index (χ3n) is 8.02. The Kier molecular flexibility index (Phi) is 5.89. The number of aromatic carboxylic acids is 1. The summed E-state index contributed by atoms with van der Waals surface area (Å²) >= 11 is 1.30. The van der Waals surface area contributed by atoms with Crippen LogP contribution in [0.1, 0.15) is 66.1 Å². The molecule has 7 nitrogen and oxygen atoms in total. The molecule has 2 aliphatic heterocycles. The van der Waals surface area contributed by atoms with Crippen LogP contribution in [0, 0.1) is 17.5 Å². The van der Waals surface area contributed by atoms with Gasteiger partial charge >= 0.3 is 5.97 Å². The van der Waals surface area contributed by atoms with Gasteiger partial charge in [0.2, 0.25) is 0 Å². The van der Waals surface area contributed by atoms with Crippen LogP contribution in [-0.4, -0.2) is 39.4 Å². The highest BCUT2D eigenvalue weighted by molar-refractivity contribution is 7.22. The largest absolute Gasteiger partial charge is 0.478 e. The maximum Gasteiger partial charge on any atom is 0.335 e. The number of carboxylic acid groups (broad SMARTS) is 1. The van der Waals surface area contributed by atoms with E-state index in [1.165, 1.54) is 35.6 Å². The molecular formula is C28H24F3N3O4S. The minimum absolute atomic E-state index is 0.0799. The number of benzene rings is 2. The summed E-state index contributed by atoms with van der Waals surface area (Å²) in [6.07, 6.45) is 5.14. The van der Waals surface area contributed by atoms with Crippen molar-refractivity contribution in [3.8, 4) is 11.3 Å². The van der Waals surface area contributed by atoms with Crippen LogP contribution in [0.15, 0.2) is 34.9 Å². The highest BCUT2D eigenvalue weighted by atomic mass is 32.1. The minimum atomic E-state index is -1.18. The van der Waals surface area contributed by atoms with Crippen LogP contribution < -0.4 is 4.90 Å². The summed E-state index contributed by atoms with van der Waals surface area (Å²) in [7, 11) is 0. The first-order chi connectivity index (χ1) is 18.9. The van der Waals surface area contributed by atoms with Crippen LogP contribution in [0.3, 0.4) is 0 Å². The Bertz CT molecular complexity index is 1570. The Hall–Kier alpha value is -3.44. The van der Waals surface area contributed by atoms with Crippen molar-refractivity contribution in [3.05, 3.63) is 64.7 Å². The number of carbonyl (C=O) groups is 1. The summed E-state index contributed by atoms with van der Waals surface area (Å²) in [6.45, 7) is 0.146. The molecule has 4 heterocycles. The fourth-order valence-electron chi connectivity index (χ4n) is 6.04. The second kappa shape index (κ2) is 9.34. The van der Waals surface area contributed by atoms with Crippen LogP contribution in [0.25, 0.3) is 21.5 Å². The topological polar surface area (TPSA) is 88.7 Å². The van der Waals surface area contributed by atoms with Gasteiger partial charge in [-0.2, -0.15) is 0 Å². The van der Waals surface area contributed by atoms with E-state index >= 15 is 0 Å². The second-order valence-corrected chi connectivity index (χ2v) is 11.6. The molecule has 1 N–H and O–H groups in total. The molecule has 2 saturated heterocycles. The highest BCUT2D eigenvalue weighted by Crippen LogP contribution is 2.46. The molecule has 0 radical (unpaired) electrons. The van der Waals surface area contributed by atoms with Gasteiger partial charge in [0.25, 0.3) is 0 Å². The van der Waals surface area contributed by atoms with Gasteiger partial charge in [-0.1, -0.05) is 22.6 Å². The van der Waals surface area contributed by atoms with Crippen LogP contribution in [-0.2, 0) is 11.3 Å². The first kappa shape index (κ1) is 24.6. The van der Waals surface area contributed by atoms with Gasteiger partial charge in [-0.15, -0.1) is 0 Å². The van der Waals surface area contributed by atoms with Gasteiger partial charge in [0, 0.05) is 23.6 Å². The fraction of sp³-hybridized carbons (Fsp3) is 0.393. The molecule has 4 aromatic rings. The molecule has 11 heteroatoms. The maximum atomic E-state index is 14.6. The van der Waals surface area contributed by atoms with Crippen LogP contribution in [0.2, 0.25) is 0 Å². The van der Waals surface area contributed by atoms with Gasteiger partial charge in [-0.25, -0.2) is 22.9 Å². The molecular weight excluding hydrogens is 531 g/mol. The maximum absolute atomic E-state index is 14.6. The smallest absolute Gasteiger partial charge is 0.335 e. The lowest BCUT2D eigenvalue weighted by molar-refractivity contribution is 0.0147. The molecule has 2 aromatic heterocycles. The first-order valence-electron chi connectivity index (χ1n) is 13.0. The molecule has 1 aliphatic carbocycles. The summed E-state index contributed by atoms with van der Waals surface area (Å²) in [5.41, 5.74) is 0.651. The number of fused-ring (bicyclic) bond motifs is 3. The minimum Gasteiger partial charge on any atom is -0.478 e. The molecule has 202 valence electrons. The molecule has 0 unspecified atom stereocenters. The molecule has 2 aromatic carbocycles. The highest BCUT2D eigenvalue weighted by Gasteiger charge is 2.43. The number of ether oxygens (including phenoxy) is 1. The molecule has 2 atom stereocenters. The molecule has 39 heavy (non-hydrogen) atoms. The van der Waals surface area contributed by atoms with Crippen LogP contribution in [0.4, 0.5) is 18.3 Å². The predicted octanol–water partition coefficient (Wildman–Crippen LogP) is 6.66. The standard InChI is InChI=1S/C28H24F3N3O4S/c29-19-2-1-3-20(30)23(19)24-18(26(38-33-24)13-4-5-13)12-37-17-10-15-6-7-16(11-17)34(15)28-32-25-21(31)8-14(27(35)36)9-22(25)39-28/h1-3,8-9,13,15-17H,4-7,10-12H2,(H,35,36)/t15-,16-/m0/s1. The number of nitrogens with zero attached hydrogens (tertiary/aromatic N) is 3. The number of piperidine rings is 1. The van der Waals surface area contributed by atoms with E-state index in [1.54, 1.807) is 0 Å².